The molecule has 2 rings (SSSR count). The average Bonchev–Trinajstić information content (AvgIpc) is 2.76. The highest BCUT2D eigenvalue weighted by Gasteiger charge is 2.28. The van der Waals surface area contributed by atoms with Gasteiger partial charge in [0.1, 0.15) is 5.75 Å². The first-order chi connectivity index (χ1) is 8.22. The van der Waals surface area contributed by atoms with Gasteiger partial charge < -0.3 is 10.4 Å². The zero-order valence-corrected chi connectivity index (χ0v) is 10.1. The predicted octanol–water partition coefficient (Wildman–Crippen LogP) is 2.74. The van der Waals surface area contributed by atoms with E-state index >= 15 is 0 Å². The van der Waals surface area contributed by atoms with Gasteiger partial charge in [0.2, 0.25) is 0 Å². The van der Waals surface area contributed by atoms with Gasteiger partial charge in [-0.3, -0.25) is 0 Å². The van der Waals surface area contributed by atoms with Gasteiger partial charge >= 0.3 is 0 Å². The summed E-state index contributed by atoms with van der Waals surface area (Å²) in [5.74, 6) is 0.433. The number of rotatable bonds is 3. The van der Waals surface area contributed by atoms with Crippen molar-refractivity contribution in [1.82, 2.24) is 5.32 Å². The average molecular weight is 230 g/mol. The molecule has 0 aromatic heterocycles. The maximum Gasteiger partial charge on any atom is 0.120 e. The van der Waals surface area contributed by atoms with Crippen LogP contribution in [0.1, 0.15) is 37.8 Å². The molecule has 0 saturated heterocycles. The summed E-state index contributed by atoms with van der Waals surface area (Å²) < 4.78 is 0. The number of aromatic hydroxyl groups is 1. The number of para-hydroxylation sites is 1. The summed E-state index contributed by atoms with van der Waals surface area (Å²) >= 11 is 0. The van der Waals surface area contributed by atoms with Crippen LogP contribution in [0.2, 0.25) is 0 Å². The van der Waals surface area contributed by atoms with Crippen LogP contribution in [-0.4, -0.2) is 11.1 Å². The van der Waals surface area contributed by atoms with Crippen LogP contribution in [0, 0.1) is 17.2 Å². The lowest BCUT2D eigenvalue weighted by atomic mass is 10.0. The topological polar surface area (TPSA) is 56.0 Å². The van der Waals surface area contributed by atoms with E-state index in [-0.39, 0.29) is 18.0 Å². The van der Waals surface area contributed by atoms with Crippen LogP contribution in [0.25, 0.3) is 0 Å². The van der Waals surface area contributed by atoms with Crippen molar-refractivity contribution in [2.45, 2.75) is 38.3 Å². The predicted molar refractivity (Wildman–Crippen MR) is 66.4 cm³/mol. The lowest BCUT2D eigenvalue weighted by molar-refractivity contribution is 0.401. The Balaban J connectivity index is 2.05. The second kappa shape index (κ2) is 5.20. The van der Waals surface area contributed by atoms with E-state index in [1.54, 1.807) is 6.07 Å². The number of hydrogen-bond acceptors (Lipinski definition) is 3. The van der Waals surface area contributed by atoms with Crippen molar-refractivity contribution in [3.05, 3.63) is 29.8 Å². The molecule has 1 aliphatic rings. The van der Waals surface area contributed by atoms with Crippen molar-refractivity contribution in [3.63, 3.8) is 0 Å². The Kier molecular flexibility index (Phi) is 3.65. The molecule has 1 saturated carbocycles. The highest BCUT2D eigenvalue weighted by Crippen LogP contribution is 2.29. The number of benzene rings is 1. The Morgan fingerprint density at radius 2 is 2.18 bits per heavy atom. The molecule has 17 heavy (non-hydrogen) atoms. The van der Waals surface area contributed by atoms with Gasteiger partial charge in [0.15, 0.2) is 0 Å². The number of nitriles is 1. The second-order valence-electron chi connectivity index (χ2n) is 4.72. The van der Waals surface area contributed by atoms with E-state index in [1.807, 2.05) is 25.1 Å². The first-order valence-corrected chi connectivity index (χ1v) is 6.16. The molecule has 3 heteroatoms. The van der Waals surface area contributed by atoms with Crippen LogP contribution in [0.3, 0.4) is 0 Å². The molecule has 1 aliphatic carbocycles. The van der Waals surface area contributed by atoms with Crippen LogP contribution in [0.15, 0.2) is 24.3 Å². The van der Waals surface area contributed by atoms with Crippen molar-refractivity contribution < 1.29 is 5.11 Å². The molecular formula is C14H18N2O. The summed E-state index contributed by atoms with van der Waals surface area (Å²) in [6.07, 6.45) is 3.15. The third kappa shape index (κ3) is 2.59. The molecule has 90 valence electrons. The van der Waals surface area contributed by atoms with E-state index in [4.69, 9.17) is 5.26 Å². The highest BCUT2D eigenvalue weighted by atomic mass is 16.3. The van der Waals surface area contributed by atoms with Crippen LogP contribution in [-0.2, 0) is 0 Å². The summed E-state index contributed by atoms with van der Waals surface area (Å²) in [6.45, 7) is 2.03. The van der Waals surface area contributed by atoms with Gasteiger partial charge in [0.25, 0.3) is 0 Å². The van der Waals surface area contributed by atoms with E-state index < -0.39 is 0 Å². The molecule has 1 fully saturated rings. The van der Waals surface area contributed by atoms with Crippen molar-refractivity contribution in [3.8, 4) is 11.8 Å². The number of hydrogen-bond donors (Lipinski definition) is 2. The number of nitrogens with one attached hydrogen (secondary N) is 1. The summed E-state index contributed by atoms with van der Waals surface area (Å²) in [7, 11) is 0. The molecule has 0 bridgehead atoms. The van der Waals surface area contributed by atoms with Crippen LogP contribution in [0.5, 0.6) is 5.75 Å². The van der Waals surface area contributed by atoms with Gasteiger partial charge in [-0.1, -0.05) is 24.6 Å². The van der Waals surface area contributed by atoms with Crippen molar-refractivity contribution in [1.29, 1.82) is 5.26 Å². The maximum absolute atomic E-state index is 9.77. The Morgan fingerprint density at radius 3 is 2.88 bits per heavy atom. The molecule has 0 radical (unpaired) electrons. The van der Waals surface area contributed by atoms with E-state index in [1.165, 1.54) is 0 Å². The van der Waals surface area contributed by atoms with Gasteiger partial charge in [0, 0.05) is 17.6 Å². The Bertz CT molecular complexity index is 424. The number of phenolic OH excluding ortho intramolecular Hbond substituents is 1. The molecular weight excluding hydrogens is 212 g/mol. The van der Waals surface area contributed by atoms with Gasteiger partial charge in [-0.15, -0.1) is 0 Å². The summed E-state index contributed by atoms with van der Waals surface area (Å²) in [4.78, 5) is 0. The second-order valence-corrected chi connectivity index (χ2v) is 4.72. The minimum Gasteiger partial charge on any atom is -0.508 e. The Morgan fingerprint density at radius 1 is 1.41 bits per heavy atom. The summed E-state index contributed by atoms with van der Waals surface area (Å²) in [6, 6.07) is 10.1. The fourth-order valence-electron chi connectivity index (χ4n) is 2.58. The molecule has 3 unspecified atom stereocenters. The first kappa shape index (κ1) is 11.9. The standard InChI is InChI=1S/C14H18N2O/c1-10(12-6-2-3-8-14(12)17)16-13-7-4-5-11(13)9-15/h2-3,6,8,10-11,13,16-17H,4-5,7H2,1H3. The molecule has 3 nitrogen and oxygen atoms in total. The quantitative estimate of drug-likeness (QED) is 0.839. The molecule has 0 amide bonds. The van der Waals surface area contributed by atoms with Crippen molar-refractivity contribution in [2.24, 2.45) is 5.92 Å². The molecule has 1 aromatic carbocycles. The van der Waals surface area contributed by atoms with Crippen molar-refractivity contribution in [2.75, 3.05) is 0 Å². The molecule has 3 atom stereocenters. The molecule has 0 spiro atoms. The lowest BCUT2D eigenvalue weighted by Crippen LogP contribution is -2.33. The molecule has 0 heterocycles. The Hall–Kier alpha value is -1.53. The van der Waals surface area contributed by atoms with E-state index in [0.717, 1.165) is 24.8 Å². The first-order valence-electron chi connectivity index (χ1n) is 6.16. The minimum atomic E-state index is 0.0788. The van der Waals surface area contributed by atoms with Gasteiger partial charge in [0.05, 0.1) is 12.0 Å². The fourth-order valence-corrected chi connectivity index (χ4v) is 2.58. The highest BCUT2D eigenvalue weighted by molar-refractivity contribution is 5.34. The third-order valence-electron chi connectivity index (χ3n) is 3.55. The zero-order chi connectivity index (χ0) is 12.3. The minimum absolute atomic E-state index is 0.0788. The molecule has 1 aromatic rings. The van der Waals surface area contributed by atoms with Crippen molar-refractivity contribution >= 4 is 0 Å². The largest absolute Gasteiger partial charge is 0.508 e. The van der Waals surface area contributed by atoms with E-state index in [0.29, 0.717) is 5.75 Å². The third-order valence-corrected chi connectivity index (χ3v) is 3.55. The maximum atomic E-state index is 9.77. The number of phenols is 1. The van der Waals surface area contributed by atoms with E-state index in [2.05, 4.69) is 11.4 Å². The Labute approximate surface area is 102 Å². The van der Waals surface area contributed by atoms with E-state index in [9.17, 15) is 5.11 Å². The van der Waals surface area contributed by atoms with Crippen LogP contribution in [0.4, 0.5) is 0 Å². The number of nitrogens with zero attached hydrogens (tertiary/aromatic N) is 1. The fraction of sp³-hybridized carbons (Fsp3) is 0.500. The smallest absolute Gasteiger partial charge is 0.120 e. The summed E-state index contributed by atoms with van der Waals surface area (Å²) in [5, 5.41) is 22.3. The van der Waals surface area contributed by atoms with Gasteiger partial charge in [-0.25, -0.2) is 0 Å². The van der Waals surface area contributed by atoms with Gasteiger partial charge in [-0.2, -0.15) is 5.26 Å². The monoisotopic (exact) mass is 230 g/mol. The zero-order valence-electron chi connectivity index (χ0n) is 10.1. The lowest BCUT2D eigenvalue weighted by Gasteiger charge is -2.22. The molecule has 0 aliphatic heterocycles. The van der Waals surface area contributed by atoms with Gasteiger partial charge in [-0.05, 0) is 25.8 Å². The molecule has 2 N–H and O–H groups in total. The van der Waals surface area contributed by atoms with Crippen LogP contribution < -0.4 is 5.32 Å². The summed E-state index contributed by atoms with van der Waals surface area (Å²) in [5.41, 5.74) is 0.899. The normalized spacial score (nSPS) is 25.4. The van der Waals surface area contributed by atoms with Crippen LogP contribution >= 0.6 is 0 Å². The SMILES string of the molecule is CC(NC1CCCC1C#N)c1ccccc1O.